The van der Waals surface area contributed by atoms with Crippen molar-refractivity contribution < 1.29 is 0 Å². The average molecular weight is 424 g/mol. The molecule has 0 aliphatic rings. The summed E-state index contributed by atoms with van der Waals surface area (Å²) in [5.41, 5.74) is 8.18. The van der Waals surface area contributed by atoms with Crippen LogP contribution in [-0.2, 0) is 12.8 Å². The topological polar surface area (TPSA) is 12.9 Å². The summed E-state index contributed by atoms with van der Waals surface area (Å²) >= 11 is 6.10. The third-order valence-electron chi connectivity index (χ3n) is 5.46. The van der Waals surface area contributed by atoms with E-state index in [-0.39, 0.29) is 0 Å². The Labute approximate surface area is 189 Å². The maximum atomic E-state index is 6.10. The number of aryl methyl sites for hydroxylation is 2. The highest BCUT2D eigenvalue weighted by atomic mass is 35.5. The van der Waals surface area contributed by atoms with Gasteiger partial charge in [-0.05, 0) is 72.7 Å². The Hall–Kier alpha value is -3.16. The second-order valence-corrected chi connectivity index (χ2v) is 8.38. The quantitative estimate of drug-likeness (QED) is 0.291. The molecular weight excluding hydrogens is 398 g/mol. The number of aromatic nitrogens is 1. The molecule has 3 aromatic carbocycles. The third kappa shape index (κ3) is 5.51. The Balaban J connectivity index is 1.42. The van der Waals surface area contributed by atoms with Crippen LogP contribution in [-0.4, -0.2) is 4.98 Å². The third-order valence-corrected chi connectivity index (χ3v) is 5.70. The molecule has 31 heavy (non-hydrogen) atoms. The van der Waals surface area contributed by atoms with Gasteiger partial charge in [0.25, 0.3) is 0 Å². The molecule has 0 amide bonds. The first kappa shape index (κ1) is 21.1. The smallest absolute Gasteiger partial charge is 0.0724 e. The van der Waals surface area contributed by atoms with Crippen molar-refractivity contribution in [1.82, 2.24) is 4.98 Å². The first-order chi connectivity index (χ1) is 15.1. The summed E-state index contributed by atoms with van der Waals surface area (Å²) in [6, 6.07) is 27.2. The fourth-order valence-corrected chi connectivity index (χ4v) is 4.04. The normalized spacial score (nSPS) is 11.3. The minimum Gasteiger partial charge on any atom is -0.248 e. The van der Waals surface area contributed by atoms with Gasteiger partial charge in [-0.15, -0.1) is 0 Å². The van der Waals surface area contributed by atoms with Gasteiger partial charge in [0.1, 0.15) is 0 Å². The number of benzene rings is 3. The average Bonchev–Trinajstić information content (AvgIpc) is 2.78. The van der Waals surface area contributed by atoms with Crippen molar-refractivity contribution in [3.8, 4) is 0 Å². The molecule has 154 valence electrons. The molecule has 1 heterocycles. The van der Waals surface area contributed by atoms with Crippen LogP contribution in [0.5, 0.6) is 0 Å². The Kier molecular flexibility index (Phi) is 6.64. The summed E-state index contributed by atoms with van der Waals surface area (Å²) in [6.45, 7) is 6.19. The van der Waals surface area contributed by atoms with Gasteiger partial charge in [-0.2, -0.15) is 0 Å². The van der Waals surface area contributed by atoms with E-state index < -0.39 is 0 Å². The van der Waals surface area contributed by atoms with E-state index in [1.54, 1.807) is 0 Å². The van der Waals surface area contributed by atoms with Gasteiger partial charge in [-0.25, -0.2) is 4.98 Å². The molecule has 0 N–H and O–H groups in total. The Morgan fingerprint density at radius 1 is 0.903 bits per heavy atom. The zero-order chi connectivity index (χ0) is 21.6. The van der Waals surface area contributed by atoms with E-state index in [0.717, 1.165) is 41.4 Å². The van der Waals surface area contributed by atoms with Crippen LogP contribution in [0.2, 0.25) is 5.02 Å². The number of halogens is 1. The Morgan fingerprint density at radius 2 is 1.74 bits per heavy atom. The molecule has 0 unspecified atom stereocenters. The Bertz CT molecular complexity index is 1250. The number of rotatable bonds is 7. The number of hydrogen-bond donors (Lipinski definition) is 0. The van der Waals surface area contributed by atoms with Crippen LogP contribution in [0, 0.1) is 0 Å². The van der Waals surface area contributed by atoms with Crippen LogP contribution >= 0.6 is 11.6 Å². The van der Waals surface area contributed by atoms with E-state index in [1.165, 1.54) is 22.3 Å². The highest BCUT2D eigenvalue weighted by Crippen LogP contribution is 2.21. The summed E-state index contributed by atoms with van der Waals surface area (Å²) in [5, 5.41) is 1.80. The lowest BCUT2D eigenvalue weighted by molar-refractivity contribution is 0.819. The minimum atomic E-state index is 0.708. The standard InChI is InChI=1S/C29H26ClN/c1-21(2)28-12-4-3-10-24(28)11-6-9-22-7-5-8-23(19-22)13-17-27-18-15-25-14-16-26(30)20-29(25)31-27/h3-5,7-8,10,12-20H,1,6,9,11H2,2H3/b17-13+. The maximum absolute atomic E-state index is 6.10. The maximum Gasteiger partial charge on any atom is 0.0724 e. The predicted octanol–water partition coefficient (Wildman–Crippen LogP) is 8.27. The SMILES string of the molecule is C=C(C)c1ccccc1CCCc1cccc(/C=C/c2ccc3ccc(Cl)cc3n2)c1. The van der Waals surface area contributed by atoms with E-state index in [0.29, 0.717) is 5.02 Å². The molecule has 0 spiro atoms. The van der Waals surface area contributed by atoms with Gasteiger partial charge >= 0.3 is 0 Å². The van der Waals surface area contributed by atoms with Gasteiger partial charge in [0, 0.05) is 10.4 Å². The van der Waals surface area contributed by atoms with Gasteiger partial charge in [0.2, 0.25) is 0 Å². The van der Waals surface area contributed by atoms with E-state index in [1.807, 2.05) is 24.3 Å². The lowest BCUT2D eigenvalue weighted by Gasteiger charge is -2.09. The van der Waals surface area contributed by atoms with Gasteiger partial charge in [-0.3, -0.25) is 0 Å². The van der Waals surface area contributed by atoms with Crippen LogP contribution in [0.4, 0.5) is 0 Å². The van der Waals surface area contributed by atoms with E-state index >= 15 is 0 Å². The van der Waals surface area contributed by atoms with Crippen molar-refractivity contribution >= 4 is 40.2 Å². The number of fused-ring (bicyclic) bond motifs is 1. The molecule has 0 bridgehead atoms. The van der Waals surface area contributed by atoms with E-state index in [9.17, 15) is 0 Å². The first-order valence-corrected chi connectivity index (χ1v) is 11.0. The van der Waals surface area contributed by atoms with Crippen LogP contribution in [0.15, 0.2) is 85.4 Å². The molecule has 1 nitrogen and oxygen atoms in total. The lowest BCUT2D eigenvalue weighted by Crippen LogP contribution is -1.94. The molecule has 1 aromatic heterocycles. The zero-order valence-corrected chi connectivity index (χ0v) is 18.6. The van der Waals surface area contributed by atoms with E-state index in [2.05, 4.69) is 80.3 Å². The number of hydrogen-bond acceptors (Lipinski definition) is 1. The largest absolute Gasteiger partial charge is 0.248 e. The fraction of sp³-hybridized carbons (Fsp3) is 0.138. The number of allylic oxidation sites excluding steroid dienone is 1. The van der Waals surface area contributed by atoms with Crippen molar-refractivity contribution in [3.63, 3.8) is 0 Å². The van der Waals surface area contributed by atoms with Crippen molar-refractivity contribution in [2.75, 3.05) is 0 Å². The molecule has 4 rings (SSSR count). The second kappa shape index (κ2) is 9.76. The molecule has 0 aliphatic heterocycles. The van der Waals surface area contributed by atoms with Crippen molar-refractivity contribution in [2.24, 2.45) is 0 Å². The highest BCUT2D eigenvalue weighted by molar-refractivity contribution is 6.31. The van der Waals surface area contributed by atoms with Gasteiger partial charge < -0.3 is 0 Å². The highest BCUT2D eigenvalue weighted by Gasteiger charge is 2.03. The predicted molar refractivity (Wildman–Crippen MR) is 135 cm³/mol. The molecular formula is C29H26ClN. The second-order valence-electron chi connectivity index (χ2n) is 7.94. The number of nitrogens with zero attached hydrogens (tertiary/aromatic N) is 1. The Morgan fingerprint density at radius 3 is 2.61 bits per heavy atom. The van der Waals surface area contributed by atoms with Crippen molar-refractivity contribution in [3.05, 3.63) is 118 Å². The van der Waals surface area contributed by atoms with Crippen molar-refractivity contribution in [2.45, 2.75) is 26.2 Å². The molecule has 0 saturated heterocycles. The first-order valence-electron chi connectivity index (χ1n) is 10.7. The van der Waals surface area contributed by atoms with Gasteiger partial charge in [-0.1, -0.05) is 90.5 Å². The zero-order valence-electron chi connectivity index (χ0n) is 17.8. The summed E-state index contributed by atoms with van der Waals surface area (Å²) in [6.07, 6.45) is 7.41. The molecule has 0 saturated carbocycles. The fourth-order valence-electron chi connectivity index (χ4n) is 3.87. The molecule has 0 fully saturated rings. The van der Waals surface area contributed by atoms with Crippen LogP contribution in [0.1, 0.15) is 41.3 Å². The molecule has 0 radical (unpaired) electrons. The molecule has 0 aliphatic carbocycles. The molecule has 4 aromatic rings. The lowest BCUT2D eigenvalue weighted by atomic mass is 9.96. The monoisotopic (exact) mass is 423 g/mol. The van der Waals surface area contributed by atoms with Crippen molar-refractivity contribution in [1.29, 1.82) is 0 Å². The summed E-state index contributed by atoms with van der Waals surface area (Å²) in [5.74, 6) is 0. The molecule has 0 atom stereocenters. The summed E-state index contributed by atoms with van der Waals surface area (Å²) in [7, 11) is 0. The van der Waals surface area contributed by atoms with Crippen LogP contribution < -0.4 is 0 Å². The van der Waals surface area contributed by atoms with Gasteiger partial charge in [0.15, 0.2) is 0 Å². The van der Waals surface area contributed by atoms with Crippen LogP contribution in [0.25, 0.3) is 28.6 Å². The number of pyridine rings is 1. The van der Waals surface area contributed by atoms with Gasteiger partial charge in [0.05, 0.1) is 11.2 Å². The van der Waals surface area contributed by atoms with E-state index in [4.69, 9.17) is 16.6 Å². The van der Waals surface area contributed by atoms with Crippen LogP contribution in [0.3, 0.4) is 0 Å². The molecule has 2 heteroatoms. The summed E-state index contributed by atoms with van der Waals surface area (Å²) in [4.78, 5) is 4.70. The minimum absolute atomic E-state index is 0.708. The summed E-state index contributed by atoms with van der Waals surface area (Å²) < 4.78 is 0.